The van der Waals surface area contributed by atoms with Crippen LogP contribution in [-0.4, -0.2) is 82.3 Å². The molecule has 1 aliphatic carbocycles. The van der Waals surface area contributed by atoms with E-state index in [9.17, 15) is 19.6 Å². The molecule has 0 unspecified atom stereocenters. The molecular formula is C29H41N7O8. The van der Waals surface area contributed by atoms with Crippen LogP contribution in [0, 0.1) is 17.2 Å². The van der Waals surface area contributed by atoms with Crippen LogP contribution in [0.3, 0.4) is 0 Å². The van der Waals surface area contributed by atoms with Gasteiger partial charge in [0, 0.05) is 18.9 Å². The highest BCUT2D eigenvalue weighted by molar-refractivity contribution is 5.75. The van der Waals surface area contributed by atoms with Gasteiger partial charge in [0.15, 0.2) is 18.0 Å². The zero-order chi connectivity index (χ0) is 31.9. The van der Waals surface area contributed by atoms with E-state index in [2.05, 4.69) is 21.5 Å². The minimum Gasteiger partial charge on any atom is -0.464 e. The zero-order valence-corrected chi connectivity index (χ0v) is 25.3. The highest BCUT2D eigenvalue weighted by atomic mass is 16.7. The van der Waals surface area contributed by atoms with E-state index in [0.717, 1.165) is 25.7 Å². The van der Waals surface area contributed by atoms with Crippen LogP contribution in [-0.2, 0) is 38.1 Å². The minimum atomic E-state index is -1.88. The van der Waals surface area contributed by atoms with Crippen LogP contribution in [0.1, 0.15) is 71.1 Å². The summed E-state index contributed by atoms with van der Waals surface area (Å²) in [5, 5.41) is 17.6. The third-order valence-corrected chi connectivity index (χ3v) is 8.00. The van der Waals surface area contributed by atoms with Crippen molar-refractivity contribution in [3.8, 4) is 6.07 Å². The number of nitriles is 1. The Bertz CT molecular complexity index is 1350. The van der Waals surface area contributed by atoms with E-state index in [1.54, 1.807) is 32.9 Å². The fourth-order valence-corrected chi connectivity index (χ4v) is 5.34. The summed E-state index contributed by atoms with van der Waals surface area (Å²) in [7, 11) is 0. The number of fused-ring (bicyclic) bond motifs is 1. The summed E-state index contributed by atoms with van der Waals surface area (Å²) in [6.07, 6.45) is 1.33. The Kier molecular flexibility index (Phi) is 11.1. The Balaban J connectivity index is 1.48. The summed E-state index contributed by atoms with van der Waals surface area (Å²) in [5.74, 6) is -1.15. The van der Waals surface area contributed by atoms with Gasteiger partial charge in [-0.05, 0) is 50.7 Å². The number of esters is 3. The molecule has 0 amide bonds. The van der Waals surface area contributed by atoms with E-state index in [1.807, 2.05) is 0 Å². The molecule has 3 heterocycles. The number of hydrogen-bond donors (Lipinski definition) is 3. The number of carbonyl (C=O) groups excluding carboxylic acids is 3. The van der Waals surface area contributed by atoms with Gasteiger partial charge in [-0.15, -0.1) is 0 Å². The second kappa shape index (κ2) is 14.8. The van der Waals surface area contributed by atoms with Crippen molar-refractivity contribution >= 4 is 29.2 Å². The molecule has 15 heteroatoms. The van der Waals surface area contributed by atoms with Crippen LogP contribution < -0.4 is 16.8 Å². The molecule has 2 aliphatic rings. The minimum absolute atomic E-state index is 0.00460. The summed E-state index contributed by atoms with van der Waals surface area (Å²) in [6, 6.07) is 4.93. The predicted molar refractivity (Wildman–Crippen MR) is 154 cm³/mol. The second-order valence-electron chi connectivity index (χ2n) is 11.1. The number of nitrogens with zero attached hydrogens (tertiary/aromatic N) is 4. The van der Waals surface area contributed by atoms with Crippen molar-refractivity contribution in [1.29, 1.82) is 5.26 Å². The Hall–Kier alpha value is -3.84. The highest BCUT2D eigenvalue weighted by Gasteiger charge is 2.61. The average molecular weight is 616 g/mol. The van der Waals surface area contributed by atoms with Gasteiger partial charge in [-0.1, -0.05) is 13.8 Å². The lowest BCUT2D eigenvalue weighted by atomic mass is 9.87. The van der Waals surface area contributed by atoms with E-state index in [0.29, 0.717) is 23.7 Å². The molecule has 1 aliphatic heterocycles. The largest absolute Gasteiger partial charge is 0.464 e. The molecule has 0 spiro atoms. The van der Waals surface area contributed by atoms with Crippen LogP contribution in [0.15, 0.2) is 18.5 Å². The molecule has 0 bridgehead atoms. The van der Waals surface area contributed by atoms with Crippen molar-refractivity contribution in [2.75, 3.05) is 25.7 Å². The first-order valence-electron chi connectivity index (χ1n) is 14.9. The maximum Gasteiger partial charge on any atom is 0.322 e. The van der Waals surface area contributed by atoms with Crippen molar-refractivity contribution in [3.05, 3.63) is 24.2 Å². The number of anilines is 1. The molecule has 2 aromatic heterocycles. The lowest BCUT2D eigenvalue weighted by Crippen LogP contribution is -2.50. The molecule has 2 fully saturated rings. The monoisotopic (exact) mass is 615 g/mol. The first-order chi connectivity index (χ1) is 21.1. The summed E-state index contributed by atoms with van der Waals surface area (Å²) < 4.78 is 30.4. The molecule has 44 heavy (non-hydrogen) atoms. The lowest BCUT2D eigenvalue weighted by Gasteiger charge is -2.29. The third kappa shape index (κ3) is 7.44. The molecule has 1 saturated heterocycles. The van der Waals surface area contributed by atoms with Crippen molar-refractivity contribution in [1.82, 2.24) is 19.9 Å². The van der Waals surface area contributed by atoms with E-state index < -0.39 is 47.9 Å². The fraction of sp³-hybridized carbons (Fsp3) is 0.655. The van der Waals surface area contributed by atoms with E-state index >= 15 is 0 Å². The first kappa shape index (κ1) is 33.1. The quantitative estimate of drug-likeness (QED) is 0.125. The van der Waals surface area contributed by atoms with Crippen molar-refractivity contribution < 1.29 is 38.1 Å². The van der Waals surface area contributed by atoms with Gasteiger partial charge in [0.2, 0.25) is 5.60 Å². The van der Waals surface area contributed by atoms with Gasteiger partial charge >= 0.3 is 17.9 Å². The number of nitrogens with two attached hydrogens (primary N) is 2. The summed E-state index contributed by atoms with van der Waals surface area (Å²) in [4.78, 5) is 41.6. The normalized spacial score (nSPS) is 27.4. The van der Waals surface area contributed by atoms with Gasteiger partial charge in [-0.3, -0.25) is 19.7 Å². The molecular weight excluding hydrogens is 574 g/mol. The maximum absolute atomic E-state index is 12.5. The van der Waals surface area contributed by atoms with Gasteiger partial charge in [0.25, 0.3) is 0 Å². The zero-order valence-electron chi connectivity index (χ0n) is 25.3. The SMILES string of the molecule is CCC(=O)O[C@H]1[C@H](c2ccc3c(N)ncnn23)O[C@](C#N)(COCN[C@@H](C)C(=O)OC[C@H]2CC[C@H](N)CC2)[C@H]1OC(=O)CC. The van der Waals surface area contributed by atoms with Gasteiger partial charge < -0.3 is 35.2 Å². The number of nitrogen functional groups attached to an aromatic ring is 1. The van der Waals surface area contributed by atoms with Crippen molar-refractivity contribution in [2.45, 2.75) is 95.3 Å². The van der Waals surface area contributed by atoms with Gasteiger partial charge in [0.1, 0.15) is 30.1 Å². The number of nitrogens with one attached hydrogen (secondary N) is 1. The Morgan fingerprint density at radius 1 is 1.18 bits per heavy atom. The summed E-state index contributed by atoms with van der Waals surface area (Å²) in [6.45, 7) is 4.64. The van der Waals surface area contributed by atoms with Crippen LogP contribution in [0.25, 0.3) is 5.52 Å². The van der Waals surface area contributed by atoms with Crippen LogP contribution >= 0.6 is 0 Å². The first-order valence-corrected chi connectivity index (χ1v) is 14.9. The maximum atomic E-state index is 12.5. The third-order valence-electron chi connectivity index (χ3n) is 8.00. The van der Waals surface area contributed by atoms with Crippen molar-refractivity contribution in [3.63, 3.8) is 0 Å². The Labute approximate surface area is 255 Å². The smallest absolute Gasteiger partial charge is 0.322 e. The number of hydrogen-bond acceptors (Lipinski definition) is 14. The van der Waals surface area contributed by atoms with E-state index in [4.69, 9.17) is 35.2 Å². The lowest BCUT2D eigenvalue weighted by molar-refractivity contribution is -0.170. The topological polar surface area (TPSA) is 215 Å². The predicted octanol–water partition coefficient (Wildman–Crippen LogP) is 1.30. The molecule has 240 valence electrons. The number of ether oxygens (including phenoxy) is 5. The second-order valence-corrected chi connectivity index (χ2v) is 11.1. The molecule has 15 nitrogen and oxygen atoms in total. The average Bonchev–Trinajstić information content (AvgIpc) is 3.59. The molecule has 5 N–H and O–H groups in total. The molecule has 5 atom stereocenters. The molecule has 1 saturated carbocycles. The number of aromatic nitrogens is 3. The van der Waals surface area contributed by atoms with Gasteiger partial charge in [0.05, 0.1) is 25.6 Å². The number of rotatable bonds is 13. The Morgan fingerprint density at radius 3 is 2.57 bits per heavy atom. The van der Waals surface area contributed by atoms with E-state index in [1.165, 1.54) is 10.8 Å². The van der Waals surface area contributed by atoms with Crippen LogP contribution in [0.5, 0.6) is 0 Å². The summed E-state index contributed by atoms with van der Waals surface area (Å²) >= 11 is 0. The molecule has 0 aromatic carbocycles. The summed E-state index contributed by atoms with van der Waals surface area (Å²) in [5.41, 5.74) is 10.9. The molecule has 4 rings (SSSR count). The standard InChI is InChI=1S/C29H41N7O8/c1-4-22(37)42-25-24(20-10-11-21-27(32)33-15-35-36(20)21)44-29(13-30,26(25)43-23(38)5-2)14-40-16-34-17(3)28(39)41-12-18-6-8-19(31)9-7-18/h10-11,15,17-19,24-26,34H,4-9,12,14,16,31H2,1-3H3,(H2,32,33,35)/t17-,18-,19-,24-,25-,26-,29+/m0/s1. The van der Waals surface area contributed by atoms with Gasteiger partial charge in [-0.2, -0.15) is 10.4 Å². The van der Waals surface area contributed by atoms with Crippen LogP contribution in [0.2, 0.25) is 0 Å². The molecule has 0 radical (unpaired) electrons. The number of carbonyl (C=O) groups is 3. The Morgan fingerprint density at radius 2 is 1.89 bits per heavy atom. The van der Waals surface area contributed by atoms with Crippen molar-refractivity contribution in [2.24, 2.45) is 11.7 Å². The molecule has 2 aromatic rings. The fourth-order valence-electron chi connectivity index (χ4n) is 5.34. The van der Waals surface area contributed by atoms with Gasteiger partial charge in [-0.25, -0.2) is 9.50 Å². The van der Waals surface area contributed by atoms with E-state index in [-0.39, 0.29) is 38.0 Å². The highest BCUT2D eigenvalue weighted by Crippen LogP contribution is 2.44. The van der Waals surface area contributed by atoms with Crippen LogP contribution in [0.4, 0.5) is 5.82 Å².